The smallest absolute Gasteiger partial charge is 0.0540 e. The second-order valence-electron chi connectivity index (χ2n) is 5.50. The molecule has 0 spiro atoms. The number of allylic oxidation sites excluding steroid dienone is 4. The van der Waals surface area contributed by atoms with Gasteiger partial charge in [-0.3, -0.25) is 0 Å². The minimum atomic E-state index is 1.08. The average molecular weight is 311 g/mol. The SMILES string of the molecule is C=C/C=C(\C=C/C)N(c1ccccc1)c1cccc2ccccc12. The number of rotatable bonds is 5. The van der Waals surface area contributed by atoms with Gasteiger partial charge in [0.15, 0.2) is 0 Å². The summed E-state index contributed by atoms with van der Waals surface area (Å²) in [6.45, 7) is 5.91. The maximum Gasteiger partial charge on any atom is 0.0540 e. The van der Waals surface area contributed by atoms with Crippen LogP contribution in [0, 0.1) is 0 Å². The highest BCUT2D eigenvalue weighted by Crippen LogP contribution is 2.35. The minimum absolute atomic E-state index is 1.08. The molecule has 0 unspecified atom stereocenters. The lowest BCUT2D eigenvalue weighted by Gasteiger charge is -2.27. The minimum Gasteiger partial charge on any atom is -0.310 e. The Kier molecular flexibility index (Phi) is 4.93. The molecule has 0 aliphatic rings. The molecule has 0 heterocycles. The highest BCUT2D eigenvalue weighted by Gasteiger charge is 2.14. The zero-order valence-corrected chi connectivity index (χ0v) is 13.9. The van der Waals surface area contributed by atoms with E-state index in [4.69, 9.17) is 0 Å². The normalized spacial score (nSPS) is 11.8. The van der Waals surface area contributed by atoms with Crippen LogP contribution in [-0.2, 0) is 0 Å². The molecule has 0 fully saturated rings. The summed E-state index contributed by atoms with van der Waals surface area (Å²) in [4.78, 5) is 2.27. The molecule has 0 aliphatic heterocycles. The average Bonchev–Trinajstić information content (AvgIpc) is 2.63. The highest BCUT2D eigenvalue weighted by atomic mass is 15.1. The van der Waals surface area contributed by atoms with E-state index in [-0.39, 0.29) is 0 Å². The number of para-hydroxylation sites is 1. The number of nitrogens with zero attached hydrogens (tertiary/aromatic N) is 1. The zero-order chi connectivity index (χ0) is 16.8. The Morgan fingerprint density at radius 1 is 0.875 bits per heavy atom. The summed E-state index contributed by atoms with van der Waals surface area (Å²) in [5.41, 5.74) is 3.36. The summed E-state index contributed by atoms with van der Waals surface area (Å²) in [6.07, 6.45) is 8.03. The van der Waals surface area contributed by atoms with Crippen LogP contribution < -0.4 is 4.90 Å². The van der Waals surface area contributed by atoms with E-state index in [1.165, 1.54) is 10.8 Å². The molecule has 0 saturated carbocycles. The summed E-state index contributed by atoms with van der Waals surface area (Å²) < 4.78 is 0. The van der Waals surface area contributed by atoms with Crippen LogP contribution in [0.25, 0.3) is 10.8 Å². The molecule has 0 radical (unpaired) electrons. The predicted molar refractivity (Wildman–Crippen MR) is 106 cm³/mol. The van der Waals surface area contributed by atoms with Gasteiger partial charge in [0, 0.05) is 16.8 Å². The van der Waals surface area contributed by atoms with E-state index >= 15 is 0 Å². The van der Waals surface area contributed by atoms with Gasteiger partial charge in [-0.2, -0.15) is 0 Å². The lowest BCUT2D eigenvalue weighted by molar-refractivity contribution is 1.22. The van der Waals surface area contributed by atoms with E-state index in [0.717, 1.165) is 17.1 Å². The van der Waals surface area contributed by atoms with Crippen LogP contribution in [0.1, 0.15) is 6.92 Å². The van der Waals surface area contributed by atoms with Gasteiger partial charge in [-0.25, -0.2) is 0 Å². The standard InChI is InChI=1S/C23H21N/c1-3-11-20(12-4-2)24(21-15-6-5-7-16-21)23-18-10-14-19-13-8-9-17-22(19)23/h3-18H,1H2,2H3/b12-4-,20-11+. The maximum atomic E-state index is 3.88. The molecule has 0 bridgehead atoms. The van der Waals surface area contributed by atoms with Gasteiger partial charge in [-0.05, 0) is 42.7 Å². The summed E-state index contributed by atoms with van der Waals surface area (Å²) in [5, 5.41) is 2.46. The number of benzene rings is 3. The van der Waals surface area contributed by atoms with Gasteiger partial charge in [-0.15, -0.1) is 0 Å². The van der Waals surface area contributed by atoms with Crippen molar-refractivity contribution in [2.24, 2.45) is 0 Å². The fourth-order valence-electron chi connectivity index (χ4n) is 2.90. The fourth-order valence-corrected chi connectivity index (χ4v) is 2.90. The van der Waals surface area contributed by atoms with E-state index in [0.29, 0.717) is 0 Å². The van der Waals surface area contributed by atoms with Crippen LogP contribution in [-0.4, -0.2) is 0 Å². The first-order valence-corrected chi connectivity index (χ1v) is 8.13. The summed E-state index contributed by atoms with van der Waals surface area (Å²) in [6, 6.07) is 25.3. The Morgan fingerprint density at radius 3 is 2.33 bits per heavy atom. The molecular weight excluding hydrogens is 290 g/mol. The van der Waals surface area contributed by atoms with Crippen molar-refractivity contribution in [3.8, 4) is 0 Å². The second kappa shape index (κ2) is 7.47. The molecule has 3 aromatic carbocycles. The third-order valence-electron chi connectivity index (χ3n) is 3.91. The van der Waals surface area contributed by atoms with Crippen molar-refractivity contribution in [1.82, 2.24) is 0 Å². The molecule has 1 heteroatoms. The van der Waals surface area contributed by atoms with Crippen LogP contribution in [0.5, 0.6) is 0 Å². The topological polar surface area (TPSA) is 3.24 Å². The van der Waals surface area contributed by atoms with Crippen molar-refractivity contribution in [2.45, 2.75) is 6.92 Å². The molecule has 1 nitrogen and oxygen atoms in total. The number of fused-ring (bicyclic) bond motifs is 1. The van der Waals surface area contributed by atoms with Gasteiger partial charge in [0.2, 0.25) is 0 Å². The Labute approximate surface area is 143 Å². The maximum absolute atomic E-state index is 3.88. The van der Waals surface area contributed by atoms with Crippen LogP contribution in [0.4, 0.5) is 11.4 Å². The largest absolute Gasteiger partial charge is 0.310 e. The van der Waals surface area contributed by atoms with E-state index in [1.807, 2.05) is 25.1 Å². The van der Waals surface area contributed by atoms with Crippen LogP contribution in [0.3, 0.4) is 0 Å². The van der Waals surface area contributed by atoms with Crippen molar-refractivity contribution in [3.05, 3.63) is 109 Å². The summed E-state index contributed by atoms with van der Waals surface area (Å²) in [7, 11) is 0. The first-order chi connectivity index (χ1) is 11.8. The van der Waals surface area contributed by atoms with Crippen molar-refractivity contribution >= 4 is 22.1 Å². The first-order valence-electron chi connectivity index (χ1n) is 8.13. The molecule has 0 aromatic heterocycles. The van der Waals surface area contributed by atoms with Gasteiger partial charge in [0.05, 0.1) is 5.69 Å². The summed E-state index contributed by atoms with van der Waals surface area (Å²) in [5.74, 6) is 0. The van der Waals surface area contributed by atoms with Crippen LogP contribution >= 0.6 is 0 Å². The Balaban J connectivity index is 2.28. The van der Waals surface area contributed by atoms with Crippen molar-refractivity contribution in [3.63, 3.8) is 0 Å². The molecule has 0 saturated heterocycles. The number of hydrogen-bond acceptors (Lipinski definition) is 1. The third kappa shape index (κ3) is 3.16. The van der Waals surface area contributed by atoms with Gasteiger partial charge in [0.1, 0.15) is 0 Å². The molecule has 0 aliphatic carbocycles. The first kappa shape index (κ1) is 15.8. The molecule has 3 rings (SSSR count). The predicted octanol–water partition coefficient (Wildman–Crippen LogP) is 6.62. The van der Waals surface area contributed by atoms with E-state index in [1.54, 1.807) is 0 Å². The lowest BCUT2D eigenvalue weighted by atomic mass is 10.1. The quantitative estimate of drug-likeness (QED) is 0.478. The monoisotopic (exact) mass is 311 g/mol. The Bertz CT molecular complexity index is 883. The Hall–Kier alpha value is -3.06. The molecule has 118 valence electrons. The second-order valence-corrected chi connectivity index (χ2v) is 5.50. The lowest BCUT2D eigenvalue weighted by Crippen LogP contribution is -2.15. The molecule has 24 heavy (non-hydrogen) atoms. The van der Waals surface area contributed by atoms with E-state index in [9.17, 15) is 0 Å². The van der Waals surface area contributed by atoms with Gasteiger partial charge < -0.3 is 4.90 Å². The molecule has 3 aromatic rings. The fraction of sp³-hybridized carbons (Fsp3) is 0.0435. The van der Waals surface area contributed by atoms with Crippen molar-refractivity contribution < 1.29 is 0 Å². The highest BCUT2D eigenvalue weighted by molar-refractivity contribution is 5.97. The Morgan fingerprint density at radius 2 is 1.58 bits per heavy atom. The van der Waals surface area contributed by atoms with Gasteiger partial charge in [0.25, 0.3) is 0 Å². The number of anilines is 2. The molecule has 0 atom stereocenters. The van der Waals surface area contributed by atoms with E-state index < -0.39 is 0 Å². The molecule has 0 N–H and O–H groups in total. The van der Waals surface area contributed by atoms with E-state index in [2.05, 4.69) is 90.4 Å². The van der Waals surface area contributed by atoms with Crippen molar-refractivity contribution in [1.29, 1.82) is 0 Å². The van der Waals surface area contributed by atoms with Crippen LogP contribution in [0.15, 0.2) is 109 Å². The van der Waals surface area contributed by atoms with Crippen molar-refractivity contribution in [2.75, 3.05) is 4.90 Å². The molecular formula is C23H21N. The summed E-state index contributed by atoms with van der Waals surface area (Å²) >= 11 is 0. The van der Waals surface area contributed by atoms with Gasteiger partial charge >= 0.3 is 0 Å². The number of hydrogen-bond donors (Lipinski definition) is 0. The molecule has 0 amide bonds. The van der Waals surface area contributed by atoms with Crippen LogP contribution in [0.2, 0.25) is 0 Å². The third-order valence-corrected chi connectivity index (χ3v) is 3.91. The van der Waals surface area contributed by atoms with Gasteiger partial charge in [-0.1, -0.05) is 73.3 Å². The zero-order valence-electron chi connectivity index (χ0n) is 13.9.